The number of aromatic nitrogens is 2. The van der Waals surface area contributed by atoms with E-state index in [0.717, 1.165) is 11.3 Å². The van der Waals surface area contributed by atoms with Crippen molar-refractivity contribution in [3.8, 4) is 0 Å². The van der Waals surface area contributed by atoms with Crippen molar-refractivity contribution in [3.05, 3.63) is 99.7 Å². The van der Waals surface area contributed by atoms with E-state index in [1.54, 1.807) is 37.3 Å². The average molecular weight is 649 g/mol. The van der Waals surface area contributed by atoms with Crippen LogP contribution in [0.3, 0.4) is 0 Å². The van der Waals surface area contributed by atoms with Crippen LogP contribution in [0.25, 0.3) is 0 Å². The Balaban J connectivity index is 1.62. The molecular formula is C36H48N4O7. The highest BCUT2D eigenvalue weighted by molar-refractivity contribution is 5.97. The Bertz CT molecular complexity index is 1380. The minimum atomic E-state index is -0.791. The van der Waals surface area contributed by atoms with Gasteiger partial charge in [0.05, 0.1) is 38.6 Å². The Morgan fingerprint density at radius 2 is 1.68 bits per heavy atom. The van der Waals surface area contributed by atoms with Crippen LogP contribution in [0.4, 0.5) is 0 Å². The summed E-state index contributed by atoms with van der Waals surface area (Å²) in [6.07, 6.45) is 4.54. The molecule has 2 amide bonds. The van der Waals surface area contributed by atoms with Gasteiger partial charge in [0, 0.05) is 69.5 Å². The second kappa shape index (κ2) is 19.0. The fourth-order valence-electron chi connectivity index (χ4n) is 5.89. The molecule has 2 aromatic heterocycles. The summed E-state index contributed by atoms with van der Waals surface area (Å²) in [5.41, 5.74) is 2.38. The molecule has 1 aliphatic rings. The lowest BCUT2D eigenvalue weighted by molar-refractivity contribution is -0.129. The highest BCUT2D eigenvalue weighted by atomic mass is 16.5. The molecule has 0 unspecified atom stereocenters. The maximum Gasteiger partial charge on any atom is 0.256 e. The highest BCUT2D eigenvalue weighted by Gasteiger charge is 2.39. The number of aryl methyl sites for hydroxylation is 2. The molecule has 11 nitrogen and oxygen atoms in total. The van der Waals surface area contributed by atoms with Crippen LogP contribution in [-0.2, 0) is 30.8 Å². The van der Waals surface area contributed by atoms with E-state index < -0.39 is 6.04 Å². The van der Waals surface area contributed by atoms with Crippen molar-refractivity contribution in [2.45, 2.75) is 38.6 Å². The number of benzene rings is 1. The van der Waals surface area contributed by atoms with Crippen molar-refractivity contribution >= 4 is 11.8 Å². The van der Waals surface area contributed by atoms with Gasteiger partial charge >= 0.3 is 0 Å². The summed E-state index contributed by atoms with van der Waals surface area (Å²) >= 11 is 0. The van der Waals surface area contributed by atoms with E-state index in [0.29, 0.717) is 76.8 Å². The molecule has 11 heteroatoms. The monoisotopic (exact) mass is 648 g/mol. The SMILES string of the molecule is CCOCCOCCOCCNC(=O)[C@@H](C1CCOCC1)N(C[C@H](c1ccccc1)c1ccccn1)C(=O)c1cc(C)c(=O)n(C)c1. The van der Waals surface area contributed by atoms with Crippen molar-refractivity contribution in [2.75, 3.05) is 65.9 Å². The molecule has 254 valence electrons. The van der Waals surface area contributed by atoms with E-state index in [1.807, 2.05) is 55.5 Å². The molecule has 1 aliphatic heterocycles. The third-order valence-electron chi connectivity index (χ3n) is 8.31. The molecule has 0 aliphatic carbocycles. The van der Waals surface area contributed by atoms with Crippen LogP contribution in [0.2, 0.25) is 0 Å². The predicted octanol–water partition coefficient (Wildman–Crippen LogP) is 3.34. The number of carbonyl (C=O) groups excluding carboxylic acids is 2. The van der Waals surface area contributed by atoms with Crippen molar-refractivity contribution < 1.29 is 28.5 Å². The summed E-state index contributed by atoms with van der Waals surface area (Å²) in [5, 5.41) is 3.04. The van der Waals surface area contributed by atoms with Crippen LogP contribution < -0.4 is 10.9 Å². The van der Waals surface area contributed by atoms with Gasteiger partial charge in [0.2, 0.25) is 5.91 Å². The van der Waals surface area contributed by atoms with Crippen LogP contribution in [-0.4, -0.2) is 98.3 Å². The van der Waals surface area contributed by atoms with Crippen LogP contribution in [0.5, 0.6) is 0 Å². The number of rotatable bonds is 18. The van der Waals surface area contributed by atoms with Crippen molar-refractivity contribution in [2.24, 2.45) is 13.0 Å². The molecule has 47 heavy (non-hydrogen) atoms. The zero-order valence-corrected chi connectivity index (χ0v) is 27.8. The number of nitrogens with zero attached hydrogens (tertiary/aromatic N) is 3. The van der Waals surface area contributed by atoms with Crippen molar-refractivity contribution in [1.29, 1.82) is 0 Å². The van der Waals surface area contributed by atoms with Crippen molar-refractivity contribution in [3.63, 3.8) is 0 Å². The van der Waals surface area contributed by atoms with Gasteiger partial charge < -0.3 is 33.7 Å². The van der Waals surface area contributed by atoms with Gasteiger partial charge in [-0.2, -0.15) is 0 Å². The summed E-state index contributed by atoms with van der Waals surface area (Å²) < 4.78 is 23.5. The molecule has 1 aromatic carbocycles. The second-order valence-electron chi connectivity index (χ2n) is 11.6. The number of pyridine rings is 2. The van der Waals surface area contributed by atoms with Gasteiger partial charge in [-0.1, -0.05) is 36.4 Å². The molecule has 1 N–H and O–H groups in total. The molecule has 0 radical (unpaired) electrons. The topological polar surface area (TPSA) is 121 Å². The van der Waals surface area contributed by atoms with E-state index in [-0.39, 0.29) is 42.3 Å². The fraction of sp³-hybridized carbons (Fsp3) is 0.500. The summed E-state index contributed by atoms with van der Waals surface area (Å²) in [5.74, 6) is -1.03. The number of hydrogen-bond acceptors (Lipinski definition) is 8. The summed E-state index contributed by atoms with van der Waals surface area (Å²) in [7, 11) is 1.63. The molecule has 2 atom stereocenters. The standard InChI is InChI=1S/C36H48N4O7/c1-4-44-20-21-47-23-22-46-19-16-38-34(41)33(29-13-17-45-18-14-29)40(36(43)30-24-27(2)35(42)39(3)25-30)26-31(28-10-6-5-7-11-28)32-12-8-9-15-37-32/h5-12,15,24-25,29,31,33H,4,13-14,16-23,26H2,1-3H3,(H,38,41)/t31-,33-/m1/s1. The average Bonchev–Trinajstić information content (AvgIpc) is 3.10. The number of nitrogens with one attached hydrogen (secondary N) is 1. The molecular weight excluding hydrogens is 600 g/mol. The van der Waals surface area contributed by atoms with Crippen LogP contribution >= 0.6 is 0 Å². The first-order chi connectivity index (χ1) is 22.9. The van der Waals surface area contributed by atoms with Gasteiger partial charge in [-0.05, 0) is 56.4 Å². The number of ether oxygens (including phenoxy) is 4. The van der Waals surface area contributed by atoms with Gasteiger partial charge in [0.25, 0.3) is 11.5 Å². The minimum Gasteiger partial charge on any atom is -0.381 e. The molecule has 0 spiro atoms. The number of amides is 2. The Hall–Kier alpha value is -3.90. The normalized spacial score (nSPS) is 14.8. The lowest BCUT2D eigenvalue weighted by Gasteiger charge is -2.39. The first-order valence-electron chi connectivity index (χ1n) is 16.4. The Labute approximate surface area is 277 Å². The molecule has 4 rings (SSSR count). The second-order valence-corrected chi connectivity index (χ2v) is 11.6. The maximum atomic E-state index is 14.6. The summed E-state index contributed by atoms with van der Waals surface area (Å²) in [6, 6.07) is 16.4. The van der Waals surface area contributed by atoms with Crippen LogP contribution in [0.1, 0.15) is 52.9 Å². The summed E-state index contributed by atoms with van der Waals surface area (Å²) in [6.45, 7) is 7.94. The third-order valence-corrected chi connectivity index (χ3v) is 8.31. The number of hydrogen-bond donors (Lipinski definition) is 1. The van der Waals surface area contributed by atoms with Crippen LogP contribution in [0.15, 0.2) is 71.8 Å². The largest absolute Gasteiger partial charge is 0.381 e. The van der Waals surface area contributed by atoms with E-state index in [9.17, 15) is 14.4 Å². The minimum absolute atomic E-state index is 0.138. The van der Waals surface area contributed by atoms with E-state index >= 15 is 0 Å². The zero-order chi connectivity index (χ0) is 33.4. The zero-order valence-electron chi connectivity index (χ0n) is 27.8. The molecule has 0 saturated carbocycles. The van der Waals surface area contributed by atoms with Gasteiger partial charge in [0.15, 0.2) is 0 Å². The number of carbonyl (C=O) groups is 2. The third kappa shape index (κ3) is 10.6. The summed E-state index contributed by atoms with van der Waals surface area (Å²) in [4.78, 5) is 47.7. The molecule has 3 heterocycles. The van der Waals surface area contributed by atoms with Crippen molar-refractivity contribution in [1.82, 2.24) is 19.8 Å². The van der Waals surface area contributed by atoms with Gasteiger partial charge in [0.1, 0.15) is 6.04 Å². The molecule has 1 fully saturated rings. The van der Waals surface area contributed by atoms with Gasteiger partial charge in [-0.15, -0.1) is 0 Å². The maximum absolute atomic E-state index is 14.6. The van der Waals surface area contributed by atoms with E-state index in [2.05, 4.69) is 10.3 Å². The highest BCUT2D eigenvalue weighted by Crippen LogP contribution is 2.30. The van der Waals surface area contributed by atoms with E-state index in [4.69, 9.17) is 18.9 Å². The Morgan fingerprint density at radius 1 is 1.00 bits per heavy atom. The fourth-order valence-corrected chi connectivity index (χ4v) is 5.89. The Morgan fingerprint density at radius 3 is 2.34 bits per heavy atom. The lowest BCUT2D eigenvalue weighted by Crippen LogP contribution is -2.56. The quantitative estimate of drug-likeness (QED) is 0.209. The molecule has 1 saturated heterocycles. The lowest BCUT2D eigenvalue weighted by atomic mass is 9.87. The molecule has 0 bridgehead atoms. The van der Waals surface area contributed by atoms with Gasteiger partial charge in [-0.25, -0.2) is 0 Å². The van der Waals surface area contributed by atoms with E-state index in [1.165, 1.54) is 4.57 Å². The first-order valence-corrected chi connectivity index (χ1v) is 16.4. The predicted molar refractivity (Wildman–Crippen MR) is 178 cm³/mol. The Kier molecular flexibility index (Phi) is 14.6. The smallest absolute Gasteiger partial charge is 0.256 e. The molecule has 3 aromatic rings. The first kappa shape index (κ1) is 35.9. The van der Waals surface area contributed by atoms with Gasteiger partial charge in [-0.3, -0.25) is 19.4 Å². The van der Waals surface area contributed by atoms with Crippen LogP contribution in [0, 0.1) is 12.8 Å².